The van der Waals surface area contributed by atoms with Gasteiger partial charge < -0.3 is 39.0 Å². The minimum atomic E-state index is -1.06. The Kier molecular flexibility index (Phi) is 12.1. The summed E-state index contributed by atoms with van der Waals surface area (Å²) in [5, 5.41) is 5.41. The molecule has 3 aromatic rings. The van der Waals surface area contributed by atoms with Gasteiger partial charge in [0.1, 0.15) is 11.5 Å². The van der Waals surface area contributed by atoms with Crippen LogP contribution in [0.1, 0.15) is 69.5 Å². The monoisotopic (exact) mass is 835 g/mol. The Morgan fingerprint density at radius 3 is 2.23 bits per heavy atom. The first-order valence-electron chi connectivity index (χ1n) is 21.5. The molecule has 15 nitrogen and oxygen atoms in total. The number of fused-ring (bicyclic) bond motifs is 2. The average molecular weight is 836 g/mol. The molecule has 1 aromatic heterocycles. The summed E-state index contributed by atoms with van der Waals surface area (Å²) in [6.45, 7) is 6.33. The van der Waals surface area contributed by atoms with Gasteiger partial charge in [0.15, 0.2) is 11.6 Å². The fraction of sp³-hybridized carbons (Fsp3) is 0.522. The number of pyridine rings is 1. The number of urea groups is 1. The highest BCUT2D eigenvalue weighted by atomic mass is 16.5. The predicted molar refractivity (Wildman–Crippen MR) is 229 cm³/mol. The van der Waals surface area contributed by atoms with Gasteiger partial charge in [-0.25, -0.2) is 4.79 Å². The van der Waals surface area contributed by atoms with Crippen LogP contribution in [-0.2, 0) is 36.1 Å². The van der Waals surface area contributed by atoms with Crippen LogP contribution in [0.5, 0.6) is 11.5 Å². The molecule has 1 aliphatic carbocycles. The Morgan fingerprint density at radius 1 is 0.836 bits per heavy atom. The highest BCUT2D eigenvalue weighted by molar-refractivity contribution is 6.28. The average Bonchev–Trinajstić information content (AvgIpc) is 3.83. The largest absolute Gasteiger partial charge is 0.496 e. The Balaban J connectivity index is 0.822. The normalized spacial score (nSPS) is 22.1. The summed E-state index contributed by atoms with van der Waals surface area (Å²) in [7, 11) is 9.03. The molecule has 4 aliphatic heterocycles. The van der Waals surface area contributed by atoms with Gasteiger partial charge in [0.2, 0.25) is 11.8 Å². The van der Waals surface area contributed by atoms with E-state index < -0.39 is 17.7 Å². The lowest BCUT2D eigenvalue weighted by Crippen LogP contribution is -2.46. The van der Waals surface area contributed by atoms with Crippen LogP contribution >= 0.6 is 0 Å². The molecule has 2 N–H and O–H groups in total. The van der Waals surface area contributed by atoms with Crippen molar-refractivity contribution in [2.45, 2.75) is 51.6 Å². The molecule has 3 atom stereocenters. The standard InChI is InChI=1S/C46H57N7O8/c1-49(2)24-37-38(60-4)20-29(21-39(37)61-5)35-25-50(3)45(58)36-26-53(18-13-31(35)36)46(59)47-14-19-51-15-10-28(23-51)27-11-16-52(17-12-27)30-6-7-32-34(22-30)43(56)41(42(32)55)33-8-9-40(54)48-44(33)57/h6-7,20-22,25,27-28,33,41H,8-19,23-24,26H2,1-5H3,(H,47,59)(H,48,54,57). The number of carbonyl (C=O) groups excluding carboxylic acids is 5. The van der Waals surface area contributed by atoms with Gasteiger partial charge in [0, 0.05) is 93.4 Å². The number of piperidine rings is 2. The van der Waals surface area contributed by atoms with Crippen molar-refractivity contribution in [2.24, 2.45) is 30.7 Å². The fourth-order valence-electron chi connectivity index (χ4n) is 10.3. The number of amides is 4. The number of rotatable bonds is 11. The van der Waals surface area contributed by atoms with Gasteiger partial charge >= 0.3 is 6.03 Å². The number of hydrogen-bond acceptors (Lipinski definition) is 11. The fourth-order valence-corrected chi connectivity index (χ4v) is 10.3. The van der Waals surface area contributed by atoms with Gasteiger partial charge in [-0.3, -0.25) is 29.3 Å². The number of hydrogen-bond donors (Lipinski definition) is 2. The first-order chi connectivity index (χ1) is 29.3. The third-order valence-electron chi connectivity index (χ3n) is 13.6. The van der Waals surface area contributed by atoms with Crippen LogP contribution in [0.2, 0.25) is 0 Å². The quantitative estimate of drug-likeness (QED) is 0.215. The maximum atomic E-state index is 13.5. The smallest absolute Gasteiger partial charge is 0.317 e. The van der Waals surface area contributed by atoms with E-state index in [1.54, 1.807) is 36.8 Å². The van der Waals surface area contributed by atoms with E-state index in [4.69, 9.17) is 9.47 Å². The Hall–Kier alpha value is -5.54. The third kappa shape index (κ3) is 8.29. The van der Waals surface area contributed by atoms with Gasteiger partial charge in [0.05, 0.1) is 38.2 Å². The van der Waals surface area contributed by atoms with Gasteiger partial charge in [-0.05, 0) is 106 Å². The highest BCUT2D eigenvalue weighted by Gasteiger charge is 2.48. The molecule has 0 saturated carbocycles. The van der Waals surface area contributed by atoms with E-state index in [-0.39, 0.29) is 48.5 Å². The third-order valence-corrected chi connectivity index (χ3v) is 13.6. The van der Waals surface area contributed by atoms with Gasteiger partial charge in [-0.2, -0.15) is 0 Å². The second kappa shape index (κ2) is 17.4. The Bertz CT molecular complexity index is 2290. The first kappa shape index (κ1) is 42.2. The number of carbonyl (C=O) groups is 5. The molecule has 5 heterocycles. The van der Waals surface area contributed by atoms with E-state index >= 15 is 0 Å². The van der Waals surface area contributed by atoms with Crippen LogP contribution in [0.25, 0.3) is 11.1 Å². The lowest BCUT2D eigenvalue weighted by Gasteiger charge is -2.36. The number of imide groups is 1. The zero-order valence-corrected chi connectivity index (χ0v) is 35.9. The van der Waals surface area contributed by atoms with Crippen molar-refractivity contribution >= 4 is 35.1 Å². The highest BCUT2D eigenvalue weighted by Crippen LogP contribution is 2.40. The summed E-state index contributed by atoms with van der Waals surface area (Å²) in [4.78, 5) is 86.3. The zero-order chi connectivity index (χ0) is 43.1. The number of nitrogens with one attached hydrogen (secondary N) is 2. The molecule has 0 radical (unpaired) electrons. The van der Waals surface area contributed by atoms with Crippen molar-refractivity contribution in [3.63, 3.8) is 0 Å². The molecule has 15 heteroatoms. The van der Waals surface area contributed by atoms with E-state index in [0.717, 1.165) is 79.9 Å². The lowest BCUT2D eigenvalue weighted by atomic mass is 9.82. The summed E-state index contributed by atoms with van der Waals surface area (Å²) in [6, 6.07) is 9.28. The summed E-state index contributed by atoms with van der Waals surface area (Å²) >= 11 is 0. The van der Waals surface area contributed by atoms with Crippen LogP contribution in [0.15, 0.2) is 41.3 Å². The van der Waals surface area contributed by atoms with Crippen molar-refractivity contribution in [3.8, 4) is 22.6 Å². The van der Waals surface area contributed by atoms with Gasteiger partial charge in [-0.15, -0.1) is 0 Å². The number of aryl methyl sites for hydroxylation is 1. The van der Waals surface area contributed by atoms with Gasteiger partial charge in [-0.1, -0.05) is 0 Å². The Labute approximate surface area is 356 Å². The number of Topliss-reactive ketones (excluding diaryl/α,β-unsaturated/α-hetero) is 2. The van der Waals surface area contributed by atoms with E-state index in [1.807, 2.05) is 44.6 Å². The molecule has 3 fully saturated rings. The summed E-state index contributed by atoms with van der Waals surface area (Å²) in [5.74, 6) is -0.862. The van der Waals surface area contributed by atoms with Crippen molar-refractivity contribution < 1.29 is 33.4 Å². The molecule has 0 bridgehead atoms. The van der Waals surface area contributed by atoms with Crippen LogP contribution < -0.4 is 30.6 Å². The molecule has 2 aromatic carbocycles. The first-order valence-corrected chi connectivity index (χ1v) is 21.5. The molecule has 4 amide bonds. The topological polar surface area (TPSA) is 163 Å². The molecule has 5 aliphatic rings. The molecular formula is C46H57N7O8. The van der Waals surface area contributed by atoms with E-state index in [9.17, 15) is 28.8 Å². The van der Waals surface area contributed by atoms with Crippen LogP contribution in [0.3, 0.4) is 0 Å². The molecule has 61 heavy (non-hydrogen) atoms. The van der Waals surface area contributed by atoms with E-state index in [1.165, 1.54) is 0 Å². The van der Waals surface area contributed by atoms with Crippen LogP contribution in [-0.4, -0.2) is 123 Å². The maximum absolute atomic E-state index is 13.5. The molecule has 8 rings (SSSR count). The molecule has 3 unspecified atom stereocenters. The minimum absolute atomic E-state index is 0.104. The van der Waals surface area contributed by atoms with Gasteiger partial charge in [0.25, 0.3) is 5.56 Å². The second-order valence-corrected chi connectivity index (χ2v) is 17.6. The van der Waals surface area contributed by atoms with Crippen LogP contribution in [0, 0.1) is 23.7 Å². The van der Waals surface area contributed by atoms with Crippen molar-refractivity contribution in [1.82, 2.24) is 29.9 Å². The number of benzene rings is 2. The number of anilines is 1. The summed E-state index contributed by atoms with van der Waals surface area (Å²) in [6.07, 6.45) is 5.92. The summed E-state index contributed by atoms with van der Waals surface area (Å²) in [5.41, 5.74) is 5.90. The molecule has 0 spiro atoms. The molecule has 3 saturated heterocycles. The van der Waals surface area contributed by atoms with Crippen molar-refractivity contribution in [1.29, 1.82) is 0 Å². The lowest BCUT2D eigenvalue weighted by molar-refractivity contribution is -0.137. The zero-order valence-electron chi connectivity index (χ0n) is 35.9. The van der Waals surface area contributed by atoms with E-state index in [2.05, 4.69) is 25.3 Å². The van der Waals surface area contributed by atoms with E-state index in [0.29, 0.717) is 66.1 Å². The molecular weight excluding hydrogens is 779 g/mol. The Morgan fingerprint density at radius 2 is 1.54 bits per heavy atom. The number of nitrogens with zero attached hydrogens (tertiary/aromatic N) is 5. The second-order valence-electron chi connectivity index (χ2n) is 17.6. The SMILES string of the molecule is COc1cc(-c2cn(C)c(=O)c3c2CCN(C(=O)NCCN2CCC(C4CCN(c5ccc6c(c5)C(=O)C(C5CCC(=O)NC5=O)C6=O)CC4)C2)C3)cc(OC)c1CN(C)C. The maximum Gasteiger partial charge on any atom is 0.317 e. The number of aromatic nitrogens is 1. The summed E-state index contributed by atoms with van der Waals surface area (Å²) < 4.78 is 13.2. The predicted octanol–water partition coefficient (Wildman–Crippen LogP) is 3.49. The number of likely N-dealkylation sites (tertiary alicyclic amines) is 1. The minimum Gasteiger partial charge on any atom is -0.496 e. The number of methoxy groups -OCH3 is 2. The number of ether oxygens (including phenoxy) is 2. The number of ketones is 2. The molecule has 324 valence electrons. The van der Waals surface area contributed by atoms with Crippen LogP contribution in [0.4, 0.5) is 10.5 Å². The van der Waals surface area contributed by atoms with Crippen molar-refractivity contribution in [3.05, 3.63) is 74.7 Å². The van der Waals surface area contributed by atoms with Crippen molar-refractivity contribution in [2.75, 3.05) is 79.0 Å².